The van der Waals surface area contributed by atoms with Gasteiger partial charge in [-0.15, -0.1) is 0 Å². The monoisotopic (exact) mass is 305 g/mol. The molecule has 0 aliphatic rings. The molecule has 1 unspecified atom stereocenters. The summed E-state index contributed by atoms with van der Waals surface area (Å²) in [4.78, 5) is 21.3. The quantitative estimate of drug-likeness (QED) is 0.938. The van der Waals surface area contributed by atoms with Crippen molar-refractivity contribution in [2.75, 3.05) is 11.9 Å². The third-order valence-electron chi connectivity index (χ3n) is 3.31. The van der Waals surface area contributed by atoms with Gasteiger partial charge < -0.3 is 10.0 Å². The van der Waals surface area contributed by atoms with Gasteiger partial charge in [0.1, 0.15) is 0 Å². The molecule has 0 amide bonds. The summed E-state index contributed by atoms with van der Waals surface area (Å²) in [7, 11) is 1.83. The van der Waals surface area contributed by atoms with Crippen LogP contribution in [0.25, 0.3) is 0 Å². The van der Waals surface area contributed by atoms with E-state index in [2.05, 4.69) is 9.97 Å². The molecular formula is C15H16ClN3O2. The number of halogens is 1. The van der Waals surface area contributed by atoms with Gasteiger partial charge >= 0.3 is 5.97 Å². The minimum absolute atomic E-state index is 0.00680. The summed E-state index contributed by atoms with van der Waals surface area (Å²) in [6, 6.07) is 8.94. The van der Waals surface area contributed by atoms with Crippen LogP contribution in [0.2, 0.25) is 5.02 Å². The normalized spacial score (nSPS) is 12.0. The summed E-state index contributed by atoms with van der Waals surface area (Å²) < 4.78 is 0. The SMILES string of the molecule is Cc1cc(C(=O)O)nc(N(C)C(C)c2ccc(Cl)cc2)n1. The zero-order valence-electron chi connectivity index (χ0n) is 12.0. The summed E-state index contributed by atoms with van der Waals surface area (Å²) >= 11 is 5.89. The zero-order chi connectivity index (χ0) is 15.6. The Bertz CT molecular complexity index is 658. The van der Waals surface area contributed by atoms with Gasteiger partial charge in [0.2, 0.25) is 5.95 Å². The van der Waals surface area contributed by atoms with Crippen molar-refractivity contribution in [3.63, 3.8) is 0 Å². The van der Waals surface area contributed by atoms with Crippen LogP contribution >= 0.6 is 11.6 Å². The first-order valence-electron chi connectivity index (χ1n) is 6.45. The number of benzene rings is 1. The summed E-state index contributed by atoms with van der Waals surface area (Å²) in [6.45, 7) is 3.74. The number of carboxylic acid groups (broad SMARTS) is 1. The largest absolute Gasteiger partial charge is 0.477 e. The van der Waals surface area contributed by atoms with Crippen LogP contribution in [0.4, 0.5) is 5.95 Å². The van der Waals surface area contributed by atoms with E-state index in [1.165, 1.54) is 6.07 Å². The van der Waals surface area contributed by atoms with E-state index < -0.39 is 5.97 Å². The number of carbonyl (C=O) groups is 1. The molecule has 2 aromatic rings. The number of aromatic nitrogens is 2. The highest BCUT2D eigenvalue weighted by Crippen LogP contribution is 2.24. The van der Waals surface area contributed by atoms with Crippen molar-refractivity contribution in [3.05, 3.63) is 52.3 Å². The summed E-state index contributed by atoms with van der Waals surface area (Å²) in [5.74, 6) is -0.677. The number of hydrogen-bond donors (Lipinski definition) is 1. The van der Waals surface area contributed by atoms with Crippen LogP contribution in [0.5, 0.6) is 0 Å². The standard InChI is InChI=1S/C15H16ClN3O2/c1-9-8-13(14(20)21)18-15(17-9)19(3)10(2)11-4-6-12(16)7-5-11/h4-8,10H,1-3H3,(H,20,21). The maximum Gasteiger partial charge on any atom is 0.354 e. The second-order valence-corrected chi connectivity index (χ2v) is 5.27. The fraction of sp³-hybridized carbons (Fsp3) is 0.267. The number of aryl methyl sites for hydroxylation is 1. The number of rotatable bonds is 4. The number of anilines is 1. The lowest BCUT2D eigenvalue weighted by atomic mass is 10.1. The van der Waals surface area contributed by atoms with Crippen molar-refractivity contribution < 1.29 is 9.90 Å². The lowest BCUT2D eigenvalue weighted by Crippen LogP contribution is -2.24. The van der Waals surface area contributed by atoms with Crippen LogP contribution in [0, 0.1) is 6.92 Å². The van der Waals surface area contributed by atoms with E-state index in [4.69, 9.17) is 16.7 Å². The van der Waals surface area contributed by atoms with E-state index in [0.717, 1.165) is 5.56 Å². The second-order valence-electron chi connectivity index (χ2n) is 4.84. The molecule has 2 rings (SSSR count). The molecule has 1 heterocycles. The van der Waals surface area contributed by atoms with E-state index in [9.17, 15) is 4.79 Å². The Morgan fingerprint density at radius 2 is 1.90 bits per heavy atom. The Labute approximate surface area is 128 Å². The van der Waals surface area contributed by atoms with Crippen LogP contribution in [0.1, 0.15) is 34.7 Å². The molecule has 6 heteroatoms. The molecule has 0 saturated carbocycles. The van der Waals surface area contributed by atoms with Crippen LogP contribution in [-0.2, 0) is 0 Å². The third-order valence-corrected chi connectivity index (χ3v) is 3.56. The Balaban J connectivity index is 2.32. The maximum absolute atomic E-state index is 11.1. The van der Waals surface area contributed by atoms with Gasteiger partial charge in [-0.2, -0.15) is 0 Å². The van der Waals surface area contributed by atoms with Crippen LogP contribution in [0.3, 0.4) is 0 Å². The minimum atomic E-state index is -1.06. The minimum Gasteiger partial charge on any atom is -0.477 e. The topological polar surface area (TPSA) is 66.3 Å². The molecule has 21 heavy (non-hydrogen) atoms. The molecule has 0 aliphatic carbocycles. The van der Waals surface area contributed by atoms with Crippen LogP contribution < -0.4 is 4.90 Å². The molecule has 0 aliphatic heterocycles. The molecule has 0 bridgehead atoms. The van der Waals surface area contributed by atoms with Gasteiger partial charge in [-0.1, -0.05) is 23.7 Å². The lowest BCUT2D eigenvalue weighted by Gasteiger charge is -2.25. The van der Waals surface area contributed by atoms with Gasteiger partial charge in [-0.05, 0) is 37.6 Å². The highest BCUT2D eigenvalue weighted by atomic mass is 35.5. The molecular weight excluding hydrogens is 290 g/mol. The lowest BCUT2D eigenvalue weighted by molar-refractivity contribution is 0.0690. The van der Waals surface area contributed by atoms with E-state index in [1.807, 2.05) is 43.1 Å². The average molecular weight is 306 g/mol. The Morgan fingerprint density at radius 3 is 2.48 bits per heavy atom. The number of carboxylic acids is 1. The number of nitrogens with zero attached hydrogens (tertiary/aromatic N) is 3. The zero-order valence-corrected chi connectivity index (χ0v) is 12.8. The smallest absolute Gasteiger partial charge is 0.354 e. The molecule has 1 aromatic heterocycles. The predicted octanol–water partition coefficient (Wildman–Crippen LogP) is 3.33. The average Bonchev–Trinajstić information content (AvgIpc) is 2.45. The van der Waals surface area contributed by atoms with Gasteiger partial charge in [0.15, 0.2) is 5.69 Å². The first-order valence-corrected chi connectivity index (χ1v) is 6.83. The van der Waals surface area contributed by atoms with Crippen LogP contribution in [-0.4, -0.2) is 28.1 Å². The third kappa shape index (κ3) is 3.49. The fourth-order valence-electron chi connectivity index (χ4n) is 1.96. The highest BCUT2D eigenvalue weighted by Gasteiger charge is 2.17. The number of aromatic carboxylic acids is 1. The first kappa shape index (κ1) is 15.3. The summed E-state index contributed by atoms with van der Waals surface area (Å²) in [5, 5.41) is 9.75. The molecule has 1 atom stereocenters. The van der Waals surface area contributed by atoms with Crippen molar-refractivity contribution in [2.24, 2.45) is 0 Å². The molecule has 1 aromatic carbocycles. The molecule has 5 nitrogen and oxygen atoms in total. The van der Waals surface area contributed by atoms with Crippen molar-refractivity contribution in [3.8, 4) is 0 Å². The van der Waals surface area contributed by atoms with Gasteiger partial charge in [0.05, 0.1) is 6.04 Å². The molecule has 0 radical (unpaired) electrons. The van der Waals surface area contributed by atoms with Gasteiger partial charge in [0.25, 0.3) is 0 Å². The Morgan fingerprint density at radius 1 is 1.29 bits per heavy atom. The Hall–Kier alpha value is -2.14. The van der Waals surface area contributed by atoms with E-state index in [-0.39, 0.29) is 11.7 Å². The predicted molar refractivity (Wildman–Crippen MR) is 82.0 cm³/mol. The van der Waals surface area contributed by atoms with Crippen molar-refractivity contribution in [2.45, 2.75) is 19.9 Å². The summed E-state index contributed by atoms with van der Waals surface area (Å²) in [6.07, 6.45) is 0. The molecule has 1 N–H and O–H groups in total. The van der Waals surface area contributed by atoms with Crippen molar-refractivity contribution >= 4 is 23.5 Å². The maximum atomic E-state index is 11.1. The molecule has 110 valence electrons. The van der Waals surface area contributed by atoms with E-state index >= 15 is 0 Å². The second kappa shape index (κ2) is 6.10. The highest BCUT2D eigenvalue weighted by molar-refractivity contribution is 6.30. The molecule has 0 fully saturated rings. The van der Waals surface area contributed by atoms with Gasteiger partial charge in [-0.3, -0.25) is 0 Å². The van der Waals surface area contributed by atoms with Gasteiger partial charge in [-0.25, -0.2) is 14.8 Å². The van der Waals surface area contributed by atoms with Crippen molar-refractivity contribution in [1.29, 1.82) is 0 Å². The van der Waals surface area contributed by atoms with Crippen LogP contribution in [0.15, 0.2) is 30.3 Å². The Kier molecular flexibility index (Phi) is 4.43. The van der Waals surface area contributed by atoms with E-state index in [1.54, 1.807) is 6.92 Å². The van der Waals surface area contributed by atoms with Crippen molar-refractivity contribution in [1.82, 2.24) is 9.97 Å². The van der Waals surface area contributed by atoms with Gasteiger partial charge in [0, 0.05) is 17.8 Å². The molecule has 0 saturated heterocycles. The first-order chi connectivity index (χ1) is 9.88. The number of hydrogen-bond acceptors (Lipinski definition) is 4. The molecule has 0 spiro atoms. The van der Waals surface area contributed by atoms with E-state index in [0.29, 0.717) is 16.7 Å². The summed E-state index contributed by atoms with van der Waals surface area (Å²) in [5.41, 5.74) is 1.66. The fourth-order valence-corrected chi connectivity index (χ4v) is 2.08.